The van der Waals surface area contributed by atoms with Gasteiger partial charge in [-0.05, 0) is 47.5 Å². The van der Waals surface area contributed by atoms with E-state index >= 15 is 0 Å². The van der Waals surface area contributed by atoms with E-state index in [9.17, 15) is 19.1 Å². The molecule has 110 valence electrons. The minimum Gasteiger partial charge on any atom is -0.388 e. The molecule has 2 amide bonds. The van der Waals surface area contributed by atoms with Crippen LogP contribution in [-0.2, 0) is 9.59 Å². The lowest BCUT2D eigenvalue weighted by molar-refractivity contribution is -0.136. The van der Waals surface area contributed by atoms with Crippen molar-refractivity contribution in [2.75, 3.05) is 11.9 Å². The quantitative estimate of drug-likeness (QED) is 0.727. The van der Waals surface area contributed by atoms with Gasteiger partial charge in [-0.3, -0.25) is 9.59 Å². The van der Waals surface area contributed by atoms with Gasteiger partial charge in [-0.25, -0.2) is 4.39 Å². The van der Waals surface area contributed by atoms with Gasteiger partial charge >= 0.3 is 11.8 Å². The zero-order valence-electron chi connectivity index (χ0n) is 11.2. The summed E-state index contributed by atoms with van der Waals surface area (Å²) in [5, 5.41) is 14.4. The van der Waals surface area contributed by atoms with Gasteiger partial charge in [0.05, 0.1) is 11.3 Å². The van der Waals surface area contributed by atoms with Crippen LogP contribution in [-0.4, -0.2) is 29.1 Å². The largest absolute Gasteiger partial charge is 0.388 e. The van der Waals surface area contributed by atoms with Crippen LogP contribution in [0.3, 0.4) is 0 Å². The Morgan fingerprint density at radius 3 is 2.60 bits per heavy atom. The van der Waals surface area contributed by atoms with E-state index in [4.69, 9.17) is 0 Å². The Bertz CT molecular complexity index is 520. The van der Waals surface area contributed by atoms with E-state index in [1.165, 1.54) is 18.2 Å². The number of amides is 2. The lowest BCUT2D eigenvalue weighted by Crippen LogP contribution is -2.44. The summed E-state index contributed by atoms with van der Waals surface area (Å²) in [5.74, 6) is -2.21. The average Bonchev–Trinajstić information content (AvgIpc) is 2.39. The number of aliphatic hydroxyl groups is 1. The van der Waals surface area contributed by atoms with Crippen LogP contribution >= 0.6 is 15.9 Å². The van der Waals surface area contributed by atoms with Crippen molar-refractivity contribution in [1.82, 2.24) is 5.32 Å². The number of halogens is 2. The molecule has 1 rings (SSSR count). The van der Waals surface area contributed by atoms with E-state index in [1.807, 2.05) is 0 Å². The summed E-state index contributed by atoms with van der Waals surface area (Å²) in [7, 11) is 0. The van der Waals surface area contributed by atoms with Crippen molar-refractivity contribution in [2.45, 2.75) is 25.9 Å². The van der Waals surface area contributed by atoms with Gasteiger partial charge < -0.3 is 15.7 Å². The van der Waals surface area contributed by atoms with E-state index in [1.54, 1.807) is 13.8 Å². The summed E-state index contributed by atoms with van der Waals surface area (Å²) in [6.07, 6.45) is 0.443. The molecule has 0 fully saturated rings. The van der Waals surface area contributed by atoms with Gasteiger partial charge in [0.15, 0.2) is 0 Å². The molecular weight excluding hydrogens is 331 g/mol. The van der Waals surface area contributed by atoms with E-state index in [2.05, 4.69) is 26.6 Å². The Kier molecular flexibility index (Phi) is 5.64. The second kappa shape index (κ2) is 6.81. The zero-order chi connectivity index (χ0) is 15.3. The molecule has 20 heavy (non-hydrogen) atoms. The molecule has 1 atom stereocenters. The summed E-state index contributed by atoms with van der Waals surface area (Å²) in [4.78, 5) is 23.2. The molecular formula is C13H16BrFN2O3. The Morgan fingerprint density at radius 2 is 2.05 bits per heavy atom. The molecule has 0 spiro atoms. The molecule has 0 aliphatic heterocycles. The summed E-state index contributed by atoms with van der Waals surface area (Å²) in [5.41, 5.74) is -0.777. The predicted octanol–water partition coefficient (Wildman–Crippen LogP) is 1.80. The Morgan fingerprint density at radius 1 is 1.40 bits per heavy atom. The molecule has 0 heterocycles. The highest BCUT2D eigenvalue weighted by molar-refractivity contribution is 9.10. The van der Waals surface area contributed by atoms with Gasteiger partial charge in [-0.2, -0.15) is 0 Å². The number of rotatable bonds is 4. The molecule has 5 nitrogen and oxygen atoms in total. The Labute approximate surface area is 124 Å². The van der Waals surface area contributed by atoms with Gasteiger partial charge in [0.2, 0.25) is 0 Å². The van der Waals surface area contributed by atoms with Crippen molar-refractivity contribution in [3.63, 3.8) is 0 Å². The fourth-order valence-electron chi connectivity index (χ4n) is 1.25. The first-order chi connectivity index (χ1) is 9.25. The van der Waals surface area contributed by atoms with Crippen molar-refractivity contribution in [2.24, 2.45) is 0 Å². The minimum atomic E-state index is -1.06. The summed E-state index contributed by atoms with van der Waals surface area (Å²) in [6.45, 7) is 3.30. The molecule has 0 aliphatic carbocycles. The number of nitrogens with one attached hydrogen (secondary N) is 2. The standard InChI is InChI=1S/C13H16BrFN2O3/c1-3-13(2,20)7-16-11(18)12(19)17-10-5-4-8(15)6-9(10)14/h4-6,20H,3,7H2,1-2H3,(H,16,18)(H,17,19). The summed E-state index contributed by atoms with van der Waals surface area (Å²) in [6, 6.07) is 3.68. The Hall–Kier alpha value is -1.47. The van der Waals surface area contributed by atoms with Crippen LogP contribution in [0, 0.1) is 5.82 Å². The fraction of sp³-hybridized carbons (Fsp3) is 0.385. The maximum atomic E-state index is 12.9. The fourth-order valence-corrected chi connectivity index (χ4v) is 1.70. The van der Waals surface area contributed by atoms with E-state index in [0.29, 0.717) is 10.9 Å². The van der Waals surface area contributed by atoms with Crippen molar-refractivity contribution in [3.8, 4) is 0 Å². The third kappa shape index (κ3) is 4.90. The van der Waals surface area contributed by atoms with Gasteiger partial charge in [-0.1, -0.05) is 6.92 Å². The molecule has 7 heteroatoms. The number of hydrogen-bond acceptors (Lipinski definition) is 3. The van der Waals surface area contributed by atoms with Crippen molar-refractivity contribution in [1.29, 1.82) is 0 Å². The number of carbonyl (C=O) groups is 2. The molecule has 1 aromatic rings. The second-order valence-electron chi connectivity index (χ2n) is 4.61. The number of anilines is 1. The number of hydrogen-bond donors (Lipinski definition) is 3. The average molecular weight is 347 g/mol. The molecule has 0 radical (unpaired) electrons. The van der Waals surface area contributed by atoms with Crippen LogP contribution in [0.4, 0.5) is 10.1 Å². The molecule has 0 aromatic heterocycles. The molecule has 0 saturated carbocycles. The van der Waals surface area contributed by atoms with Crippen molar-refractivity contribution in [3.05, 3.63) is 28.5 Å². The predicted molar refractivity (Wildman–Crippen MR) is 76.7 cm³/mol. The highest BCUT2D eigenvalue weighted by atomic mass is 79.9. The highest BCUT2D eigenvalue weighted by Gasteiger charge is 2.21. The maximum absolute atomic E-state index is 12.9. The van der Waals surface area contributed by atoms with E-state index in [-0.39, 0.29) is 12.2 Å². The van der Waals surface area contributed by atoms with Gasteiger partial charge in [0.1, 0.15) is 5.82 Å². The molecule has 1 unspecified atom stereocenters. The van der Waals surface area contributed by atoms with Crippen molar-refractivity contribution >= 4 is 33.4 Å². The first kappa shape index (κ1) is 16.6. The molecule has 0 aliphatic rings. The van der Waals surface area contributed by atoms with Crippen LogP contribution in [0.25, 0.3) is 0 Å². The van der Waals surface area contributed by atoms with Crippen LogP contribution in [0.15, 0.2) is 22.7 Å². The van der Waals surface area contributed by atoms with E-state index < -0.39 is 23.2 Å². The number of benzene rings is 1. The van der Waals surface area contributed by atoms with Crippen LogP contribution in [0.1, 0.15) is 20.3 Å². The van der Waals surface area contributed by atoms with Crippen LogP contribution in [0.5, 0.6) is 0 Å². The lowest BCUT2D eigenvalue weighted by atomic mass is 10.0. The van der Waals surface area contributed by atoms with E-state index in [0.717, 1.165) is 0 Å². The minimum absolute atomic E-state index is 0.0274. The van der Waals surface area contributed by atoms with Crippen LogP contribution < -0.4 is 10.6 Å². The molecule has 1 aromatic carbocycles. The third-order valence-electron chi connectivity index (χ3n) is 2.78. The smallest absolute Gasteiger partial charge is 0.313 e. The summed E-state index contributed by atoms with van der Waals surface area (Å²) < 4.78 is 13.2. The lowest BCUT2D eigenvalue weighted by Gasteiger charge is -2.21. The van der Waals surface area contributed by atoms with Crippen molar-refractivity contribution < 1.29 is 19.1 Å². The molecule has 3 N–H and O–H groups in total. The second-order valence-corrected chi connectivity index (χ2v) is 5.47. The monoisotopic (exact) mass is 346 g/mol. The third-order valence-corrected chi connectivity index (χ3v) is 3.43. The first-order valence-corrected chi connectivity index (χ1v) is 6.81. The normalized spacial score (nSPS) is 13.4. The highest BCUT2D eigenvalue weighted by Crippen LogP contribution is 2.22. The summed E-state index contributed by atoms with van der Waals surface area (Å²) >= 11 is 3.08. The SMILES string of the molecule is CCC(C)(O)CNC(=O)C(=O)Nc1ccc(F)cc1Br. The molecule has 0 bridgehead atoms. The number of carbonyl (C=O) groups excluding carboxylic acids is 2. The van der Waals surface area contributed by atoms with Gasteiger partial charge in [-0.15, -0.1) is 0 Å². The van der Waals surface area contributed by atoms with Gasteiger partial charge in [0.25, 0.3) is 0 Å². The first-order valence-electron chi connectivity index (χ1n) is 6.02. The van der Waals surface area contributed by atoms with Crippen LogP contribution in [0.2, 0.25) is 0 Å². The Balaban J connectivity index is 2.60. The van der Waals surface area contributed by atoms with Gasteiger partial charge in [0, 0.05) is 11.0 Å². The topological polar surface area (TPSA) is 78.4 Å². The molecule has 0 saturated heterocycles. The maximum Gasteiger partial charge on any atom is 0.313 e. The zero-order valence-corrected chi connectivity index (χ0v) is 12.8.